The van der Waals surface area contributed by atoms with Gasteiger partial charge < -0.3 is 31.7 Å². The van der Waals surface area contributed by atoms with Gasteiger partial charge in [0.15, 0.2) is 12.4 Å². The van der Waals surface area contributed by atoms with Gasteiger partial charge in [-0.2, -0.15) is 0 Å². The Kier molecular flexibility index (Phi) is 6.54. The van der Waals surface area contributed by atoms with Gasteiger partial charge in [-0.25, -0.2) is 14.4 Å². The van der Waals surface area contributed by atoms with Crippen molar-refractivity contribution in [3.8, 4) is 0 Å². The number of nitrogens with zero attached hydrogens (tertiary/aromatic N) is 3. The number of halogens is 1. The molecule has 4 heterocycles. The van der Waals surface area contributed by atoms with Crippen LogP contribution in [-0.4, -0.2) is 64.1 Å². The fourth-order valence-corrected chi connectivity index (χ4v) is 4.80. The van der Waals surface area contributed by atoms with Crippen LogP contribution >= 0.6 is 0 Å². The van der Waals surface area contributed by atoms with E-state index in [9.17, 15) is 14.4 Å². The van der Waals surface area contributed by atoms with Gasteiger partial charge in [0.2, 0.25) is 0 Å². The molecule has 0 spiro atoms. The molecule has 0 aliphatic carbocycles. The summed E-state index contributed by atoms with van der Waals surface area (Å²) in [4.78, 5) is 43.2. The molecule has 0 bridgehead atoms. The molecule has 3 aliphatic heterocycles. The fourth-order valence-electron chi connectivity index (χ4n) is 4.80. The normalized spacial score (nSPS) is 23.9. The second kappa shape index (κ2) is 8.63. The van der Waals surface area contributed by atoms with Crippen molar-refractivity contribution in [2.75, 3.05) is 13.1 Å². The van der Waals surface area contributed by atoms with Gasteiger partial charge in [0.05, 0.1) is 12.1 Å². The van der Waals surface area contributed by atoms with E-state index in [1.54, 1.807) is 29.4 Å². The fraction of sp³-hybridized carbons (Fsp3) is 0.583. The van der Waals surface area contributed by atoms with Crippen LogP contribution in [0.1, 0.15) is 52.8 Å². The van der Waals surface area contributed by atoms with Gasteiger partial charge >= 0.3 is 18.0 Å². The summed E-state index contributed by atoms with van der Waals surface area (Å²) in [6, 6.07) is 5.17. The molecule has 0 radical (unpaired) electrons. The molecule has 8 nitrogen and oxygen atoms in total. The first-order valence-electron chi connectivity index (χ1n) is 11.1. The number of likely N-dealkylation sites (tertiary alicyclic amines) is 1. The number of rotatable bonds is 2. The molecule has 2 fully saturated rings. The van der Waals surface area contributed by atoms with Crippen LogP contribution in [0.15, 0.2) is 41.9 Å². The van der Waals surface area contributed by atoms with Crippen LogP contribution in [0.3, 0.4) is 0 Å². The Morgan fingerprint density at radius 3 is 2.15 bits per heavy atom. The lowest BCUT2D eigenvalue weighted by molar-refractivity contribution is -0.571. The average molecular weight is 478 g/mol. The summed E-state index contributed by atoms with van der Waals surface area (Å²) >= 11 is 0. The average Bonchev–Trinajstić information content (AvgIpc) is 2.95. The van der Waals surface area contributed by atoms with Crippen LogP contribution in [-0.2, 0) is 14.3 Å². The molecule has 0 N–H and O–H groups in total. The SMILES string of the molecule is CC(C)(C)OC(=O)C1=C(C(=O)[n+]2ccccc2)C2CCN(C(=O)OC(C)(C)C)[C@H]3CN1[C@H]23.[Cl-]. The minimum atomic E-state index is -0.682. The lowest BCUT2D eigenvalue weighted by Gasteiger charge is -2.55. The van der Waals surface area contributed by atoms with Gasteiger partial charge in [0.1, 0.15) is 22.5 Å². The number of ether oxygens (including phenoxy) is 2. The summed E-state index contributed by atoms with van der Waals surface area (Å²) in [6.07, 6.45) is 3.60. The van der Waals surface area contributed by atoms with Crippen molar-refractivity contribution in [2.24, 2.45) is 5.92 Å². The van der Waals surface area contributed by atoms with Crippen LogP contribution in [0.2, 0.25) is 0 Å². The highest BCUT2D eigenvalue weighted by Crippen LogP contribution is 2.48. The second-order valence-electron chi connectivity index (χ2n) is 10.6. The molecule has 1 amide bonds. The second-order valence-corrected chi connectivity index (χ2v) is 10.6. The quantitative estimate of drug-likeness (QED) is 0.423. The molecule has 3 aliphatic rings. The van der Waals surface area contributed by atoms with Gasteiger partial charge in [-0.05, 0) is 48.0 Å². The van der Waals surface area contributed by atoms with E-state index in [0.717, 1.165) is 0 Å². The largest absolute Gasteiger partial charge is 1.00 e. The van der Waals surface area contributed by atoms with E-state index in [-0.39, 0.29) is 42.4 Å². The van der Waals surface area contributed by atoms with Crippen molar-refractivity contribution >= 4 is 18.0 Å². The van der Waals surface area contributed by atoms with Crippen LogP contribution in [0, 0.1) is 5.92 Å². The number of carbonyl (C=O) groups excluding carboxylic acids is 3. The van der Waals surface area contributed by atoms with E-state index in [0.29, 0.717) is 30.8 Å². The smallest absolute Gasteiger partial charge is 0.423 e. The summed E-state index contributed by atoms with van der Waals surface area (Å²) in [6.45, 7) is 11.9. The molecular weight excluding hydrogens is 446 g/mol. The molecule has 180 valence electrons. The Hall–Kier alpha value is -2.61. The summed E-state index contributed by atoms with van der Waals surface area (Å²) in [5.41, 5.74) is -0.457. The summed E-state index contributed by atoms with van der Waals surface area (Å²) in [5, 5.41) is 0. The predicted molar refractivity (Wildman–Crippen MR) is 115 cm³/mol. The lowest BCUT2D eigenvalue weighted by Crippen LogP contribution is -3.00. The van der Waals surface area contributed by atoms with Gasteiger partial charge in [0, 0.05) is 31.1 Å². The standard InChI is InChI=1S/C24H32N3O5.ClH/c1-23(2,3)31-21(29)19-17(20(28)25-11-8-7-9-12-25)15-10-13-26(16-14-27(19)18(15)16)22(30)32-24(4,5)6;/h7-9,11-12,15-16,18H,10,13-14H2,1-6H3;1H/q+1;/p-1/t15?,16-,18+;/m0./s1. The molecule has 4 rings (SSSR count). The van der Waals surface area contributed by atoms with Crippen LogP contribution in [0.4, 0.5) is 4.79 Å². The van der Waals surface area contributed by atoms with E-state index >= 15 is 0 Å². The van der Waals surface area contributed by atoms with Crippen molar-refractivity contribution in [1.29, 1.82) is 0 Å². The Morgan fingerprint density at radius 1 is 0.970 bits per heavy atom. The van der Waals surface area contributed by atoms with Crippen LogP contribution in [0.25, 0.3) is 0 Å². The van der Waals surface area contributed by atoms with Gasteiger partial charge in [-0.3, -0.25) is 0 Å². The highest BCUT2D eigenvalue weighted by Gasteiger charge is 2.62. The first-order valence-corrected chi connectivity index (χ1v) is 11.1. The zero-order valence-electron chi connectivity index (χ0n) is 20.0. The number of carbonyl (C=O) groups is 3. The molecule has 3 atom stereocenters. The maximum Gasteiger partial charge on any atom is 0.423 e. The number of aromatic nitrogens is 1. The van der Waals surface area contributed by atoms with Crippen molar-refractivity contribution in [1.82, 2.24) is 9.80 Å². The maximum absolute atomic E-state index is 13.5. The molecule has 33 heavy (non-hydrogen) atoms. The zero-order valence-corrected chi connectivity index (χ0v) is 20.8. The third-order valence-corrected chi connectivity index (χ3v) is 5.95. The third kappa shape index (κ3) is 4.71. The molecule has 1 aromatic heterocycles. The van der Waals surface area contributed by atoms with E-state index in [4.69, 9.17) is 9.47 Å². The number of hydrogen-bond acceptors (Lipinski definition) is 6. The Bertz CT molecular complexity index is 980. The van der Waals surface area contributed by atoms with Crippen molar-refractivity contribution in [3.05, 3.63) is 41.9 Å². The minimum absolute atomic E-state index is 0. The Labute approximate surface area is 200 Å². The van der Waals surface area contributed by atoms with Crippen molar-refractivity contribution in [3.63, 3.8) is 0 Å². The van der Waals surface area contributed by atoms with Crippen molar-refractivity contribution in [2.45, 2.75) is 71.2 Å². The van der Waals surface area contributed by atoms with E-state index in [1.165, 1.54) is 4.57 Å². The molecule has 1 aromatic rings. The highest BCUT2D eigenvalue weighted by molar-refractivity contribution is 6.01. The predicted octanol–water partition coefficient (Wildman–Crippen LogP) is -0.462. The molecule has 2 saturated heterocycles. The minimum Gasteiger partial charge on any atom is -1.00 e. The number of hydrogen-bond donors (Lipinski definition) is 0. The number of piperidine rings is 1. The summed E-state index contributed by atoms with van der Waals surface area (Å²) in [7, 11) is 0. The molecular formula is C24H32ClN3O5. The van der Waals surface area contributed by atoms with Crippen LogP contribution < -0.4 is 17.0 Å². The lowest BCUT2D eigenvalue weighted by atomic mass is 9.78. The first kappa shape index (κ1) is 25.0. The van der Waals surface area contributed by atoms with Crippen molar-refractivity contribution < 1.29 is 40.8 Å². The Balaban J connectivity index is 0.00000306. The number of pyridine rings is 1. The van der Waals surface area contributed by atoms with E-state index in [1.807, 2.05) is 52.5 Å². The number of esters is 1. The topological polar surface area (TPSA) is 80.0 Å². The highest BCUT2D eigenvalue weighted by atomic mass is 35.5. The summed E-state index contributed by atoms with van der Waals surface area (Å²) < 4.78 is 12.8. The molecule has 0 aromatic carbocycles. The monoisotopic (exact) mass is 477 g/mol. The molecule has 0 saturated carbocycles. The van der Waals surface area contributed by atoms with Crippen LogP contribution in [0.5, 0.6) is 0 Å². The molecule has 9 heteroatoms. The Morgan fingerprint density at radius 2 is 1.58 bits per heavy atom. The van der Waals surface area contributed by atoms with E-state index in [2.05, 4.69) is 0 Å². The third-order valence-electron chi connectivity index (χ3n) is 5.95. The number of amides is 1. The van der Waals surface area contributed by atoms with E-state index < -0.39 is 17.2 Å². The van der Waals surface area contributed by atoms with Gasteiger partial charge in [-0.15, -0.1) is 4.57 Å². The van der Waals surface area contributed by atoms with Gasteiger partial charge in [-0.1, -0.05) is 6.07 Å². The van der Waals surface area contributed by atoms with Gasteiger partial charge in [0.25, 0.3) is 0 Å². The maximum atomic E-state index is 13.5. The summed E-state index contributed by atoms with van der Waals surface area (Å²) in [5.74, 6) is -0.862. The first-order chi connectivity index (χ1) is 14.9. The molecule has 1 unspecified atom stereocenters. The zero-order chi connectivity index (χ0) is 23.4.